The average molecular weight is 835 g/mol. The predicted molar refractivity (Wildman–Crippen MR) is 223 cm³/mol. The number of ether oxygens (including phenoxy) is 4. The van der Waals surface area contributed by atoms with Gasteiger partial charge in [-0.1, -0.05) is 36.7 Å². The monoisotopic (exact) mass is 834 g/mol. The fourth-order valence-corrected chi connectivity index (χ4v) is 11.8. The van der Waals surface area contributed by atoms with Gasteiger partial charge < -0.3 is 33.5 Å². The van der Waals surface area contributed by atoms with Crippen LogP contribution < -0.4 is 14.4 Å². The highest BCUT2D eigenvalue weighted by molar-refractivity contribution is 7.93. The van der Waals surface area contributed by atoms with Gasteiger partial charge in [0.15, 0.2) is 0 Å². The maximum Gasteiger partial charge on any atom is 0.286 e. The molecule has 2 bridgehead atoms. The van der Waals surface area contributed by atoms with E-state index in [-0.39, 0.29) is 40.9 Å². The summed E-state index contributed by atoms with van der Waals surface area (Å²) in [5.74, 6) is -0.585. The van der Waals surface area contributed by atoms with Crippen molar-refractivity contribution in [2.45, 2.75) is 87.9 Å². The van der Waals surface area contributed by atoms with Crippen LogP contribution in [0, 0.1) is 17.8 Å². The normalized spacial score (nSPS) is 31.0. The van der Waals surface area contributed by atoms with Crippen LogP contribution in [0.3, 0.4) is 0 Å². The Morgan fingerprint density at radius 2 is 1.91 bits per heavy atom. The van der Waals surface area contributed by atoms with Crippen molar-refractivity contribution >= 4 is 39.0 Å². The van der Waals surface area contributed by atoms with Crippen LogP contribution in [0.2, 0.25) is 5.02 Å². The van der Waals surface area contributed by atoms with Crippen LogP contribution >= 0.6 is 11.6 Å². The first-order valence-electron chi connectivity index (χ1n) is 20.4. The van der Waals surface area contributed by atoms with Gasteiger partial charge in [0.1, 0.15) is 21.3 Å². The summed E-state index contributed by atoms with van der Waals surface area (Å²) in [5.41, 5.74) is 3.49. The van der Waals surface area contributed by atoms with E-state index in [1.807, 2.05) is 35.8 Å². The van der Waals surface area contributed by atoms with E-state index in [1.54, 1.807) is 45.5 Å². The minimum absolute atomic E-state index is 0.0778. The number of rotatable bonds is 6. The largest absolute Gasteiger partial charge is 0.490 e. The Morgan fingerprint density at radius 3 is 2.67 bits per heavy atom. The molecule has 0 radical (unpaired) electrons. The van der Waals surface area contributed by atoms with E-state index >= 15 is 4.21 Å². The van der Waals surface area contributed by atoms with Crippen molar-refractivity contribution in [3.8, 4) is 5.75 Å². The molecule has 3 aromatic rings. The van der Waals surface area contributed by atoms with Crippen molar-refractivity contribution in [3.05, 3.63) is 93.8 Å². The van der Waals surface area contributed by atoms with Crippen molar-refractivity contribution in [3.63, 3.8) is 0 Å². The molecule has 2 N–H and O–H groups in total. The number of aliphatic hydroxyl groups excluding tert-OH is 1. The SMILES string of the molecule is COCC1(COC)Cn2cc(C(=O)NS3(=O)=NC(=O)c4ccc5c(c4)N(C[C@@H]4CC[C@H]4[C@@H](O)/C=C\C[C@H](C)[C@H]3C)C[C@@]3(CCCc4cc(Cl)ccc43)CO5)cc2CO1. The van der Waals surface area contributed by atoms with Gasteiger partial charge >= 0.3 is 0 Å². The lowest BCUT2D eigenvalue weighted by molar-refractivity contribution is -0.153. The minimum atomic E-state index is -3.71. The molecule has 5 aliphatic rings. The number of aryl methyl sites for hydroxylation is 1. The van der Waals surface area contributed by atoms with E-state index in [2.05, 4.69) is 26.1 Å². The zero-order chi connectivity index (χ0) is 40.8. The maximum absolute atomic E-state index is 15.1. The summed E-state index contributed by atoms with van der Waals surface area (Å²) in [6.45, 7) is 6.70. The van der Waals surface area contributed by atoms with Gasteiger partial charge in [-0.05, 0) is 111 Å². The molecule has 14 heteroatoms. The lowest BCUT2D eigenvalue weighted by atomic mass is 9.68. The summed E-state index contributed by atoms with van der Waals surface area (Å²) in [6.07, 6.45) is 10.1. The van der Waals surface area contributed by atoms with Crippen molar-refractivity contribution in [1.82, 2.24) is 9.29 Å². The number of fused-ring (bicyclic) bond motifs is 5. The van der Waals surface area contributed by atoms with Gasteiger partial charge in [0.05, 0.1) is 55.6 Å². The molecule has 0 saturated heterocycles. The van der Waals surface area contributed by atoms with E-state index in [0.717, 1.165) is 48.5 Å². The van der Waals surface area contributed by atoms with E-state index < -0.39 is 38.7 Å². The summed E-state index contributed by atoms with van der Waals surface area (Å²) in [4.78, 5) is 30.7. The van der Waals surface area contributed by atoms with Crippen molar-refractivity contribution in [2.75, 3.05) is 52.0 Å². The summed E-state index contributed by atoms with van der Waals surface area (Å²) < 4.78 is 47.9. The first-order valence-corrected chi connectivity index (χ1v) is 22.4. The number of methoxy groups -OCH3 is 2. The van der Waals surface area contributed by atoms with Gasteiger partial charge in [-0.3, -0.25) is 14.3 Å². The highest BCUT2D eigenvalue weighted by atomic mass is 35.5. The average Bonchev–Trinajstić information content (AvgIpc) is 3.54. The van der Waals surface area contributed by atoms with Crippen LogP contribution in [0.4, 0.5) is 5.69 Å². The molecule has 312 valence electrons. The summed E-state index contributed by atoms with van der Waals surface area (Å²) in [7, 11) is -0.511. The number of aliphatic hydroxyl groups is 1. The van der Waals surface area contributed by atoms with Crippen LogP contribution in [0.1, 0.15) is 83.5 Å². The van der Waals surface area contributed by atoms with E-state index in [4.69, 9.17) is 30.5 Å². The summed E-state index contributed by atoms with van der Waals surface area (Å²) >= 11 is 6.47. The van der Waals surface area contributed by atoms with Crippen LogP contribution in [0.5, 0.6) is 5.75 Å². The van der Waals surface area contributed by atoms with Gasteiger partial charge in [-0.25, -0.2) is 4.21 Å². The molecule has 3 aliphatic heterocycles. The Labute approximate surface area is 346 Å². The molecule has 1 saturated carbocycles. The van der Waals surface area contributed by atoms with Crippen LogP contribution in [0.15, 0.2) is 65.2 Å². The van der Waals surface area contributed by atoms with Crippen LogP contribution in [-0.4, -0.2) is 89.8 Å². The summed E-state index contributed by atoms with van der Waals surface area (Å²) in [6, 6.07) is 13.1. The van der Waals surface area contributed by atoms with E-state index in [1.165, 1.54) is 11.1 Å². The molecule has 1 fully saturated rings. The molecule has 8 rings (SSSR count). The molecule has 2 amide bonds. The van der Waals surface area contributed by atoms with Gasteiger partial charge in [0, 0.05) is 55.2 Å². The first-order chi connectivity index (χ1) is 27.8. The second-order valence-corrected chi connectivity index (χ2v) is 19.9. The lowest BCUT2D eigenvalue weighted by Crippen LogP contribution is -2.49. The Bertz CT molecular complexity index is 2210. The molecule has 4 heterocycles. The second-order valence-electron chi connectivity index (χ2n) is 17.2. The number of nitrogens with one attached hydrogen (secondary N) is 1. The molecule has 58 heavy (non-hydrogen) atoms. The van der Waals surface area contributed by atoms with Crippen molar-refractivity contribution in [2.24, 2.45) is 22.1 Å². The van der Waals surface area contributed by atoms with Crippen LogP contribution in [-0.2, 0) is 49.1 Å². The molecular formula is C44H55ClN4O8S. The van der Waals surface area contributed by atoms with Gasteiger partial charge in [-0.15, -0.1) is 4.36 Å². The lowest BCUT2D eigenvalue weighted by Gasteiger charge is -2.45. The molecule has 1 spiro atoms. The minimum Gasteiger partial charge on any atom is -0.490 e. The van der Waals surface area contributed by atoms with Crippen LogP contribution in [0.25, 0.3) is 0 Å². The molecular weight excluding hydrogens is 780 g/mol. The third-order valence-corrected chi connectivity index (χ3v) is 15.9. The Balaban J connectivity index is 1.16. The maximum atomic E-state index is 15.1. The topological polar surface area (TPSA) is 141 Å². The Hall–Kier alpha value is -3.72. The molecule has 1 unspecified atom stereocenters. The van der Waals surface area contributed by atoms with Gasteiger partial charge in [0.2, 0.25) is 0 Å². The number of benzene rings is 2. The second kappa shape index (κ2) is 16.4. The van der Waals surface area contributed by atoms with Gasteiger partial charge in [0.25, 0.3) is 11.8 Å². The zero-order valence-corrected chi connectivity index (χ0v) is 35.4. The summed E-state index contributed by atoms with van der Waals surface area (Å²) in [5, 5.41) is 11.5. The predicted octanol–water partition coefficient (Wildman–Crippen LogP) is 6.50. The Kier molecular flexibility index (Phi) is 11.6. The number of halogens is 1. The molecule has 12 nitrogen and oxygen atoms in total. The van der Waals surface area contributed by atoms with Crippen molar-refractivity contribution in [1.29, 1.82) is 0 Å². The number of allylic oxidation sites excluding steroid dienone is 1. The molecule has 2 aromatic carbocycles. The van der Waals surface area contributed by atoms with Crippen molar-refractivity contribution < 1.29 is 37.9 Å². The number of amides is 2. The third-order valence-electron chi connectivity index (χ3n) is 13.3. The fourth-order valence-electron chi connectivity index (χ4n) is 9.72. The smallest absolute Gasteiger partial charge is 0.286 e. The highest BCUT2D eigenvalue weighted by Crippen LogP contribution is 2.47. The molecule has 7 atom stereocenters. The third kappa shape index (κ3) is 7.86. The number of carbonyl (C=O) groups is 2. The van der Waals surface area contributed by atoms with Gasteiger partial charge in [-0.2, -0.15) is 0 Å². The number of hydrogen-bond donors (Lipinski definition) is 2. The molecule has 2 aliphatic carbocycles. The number of aromatic nitrogens is 1. The van der Waals surface area contributed by atoms with E-state index in [0.29, 0.717) is 51.6 Å². The number of carbonyl (C=O) groups excluding carboxylic acids is 2. The Morgan fingerprint density at radius 1 is 1.10 bits per heavy atom. The zero-order valence-electron chi connectivity index (χ0n) is 33.8. The quantitative estimate of drug-likeness (QED) is 0.267. The number of nitrogens with zero attached hydrogens (tertiary/aromatic N) is 3. The number of hydrogen-bond acceptors (Lipinski definition) is 9. The van der Waals surface area contributed by atoms with E-state index in [9.17, 15) is 14.7 Å². The standard InChI is InChI=1S/C44H55ClN4O8S/c1-28-7-5-9-39(50)36-13-10-32(36)20-49-23-43(16-6-8-30-17-34(45)12-14-37(30)43)25-56-40-15-11-31(19-38(40)49)41(51)46-58(53,29(28)2)47-42(52)33-18-35-22-57-44(26-54-3,27-55-4)24-48(35)21-33/h5,9,11-12,14-15,17-19,21,28-29,32,36,39,50H,6-8,10,13,16,20,22-27H2,1-4H3,(H,46,47,51,52,53)/b9-5-/t28-,29+,32-,36+,39-,43-,58?/m0/s1. The first kappa shape index (κ1) is 41.0. The highest BCUT2D eigenvalue weighted by Gasteiger charge is 2.44. The number of anilines is 1. The fraction of sp³-hybridized carbons (Fsp3) is 0.545. The molecule has 1 aromatic heterocycles.